The third kappa shape index (κ3) is 3.18. The number of rotatable bonds is 4. The molecule has 0 aromatic rings. The summed E-state index contributed by atoms with van der Waals surface area (Å²) in [7, 11) is 0. The first-order chi connectivity index (χ1) is 6.78. The van der Waals surface area contributed by atoms with E-state index in [0.717, 1.165) is 0 Å². The summed E-state index contributed by atoms with van der Waals surface area (Å²) in [5.41, 5.74) is -0.470. The van der Waals surface area contributed by atoms with Gasteiger partial charge in [-0.1, -0.05) is 6.92 Å². The first kappa shape index (κ1) is 12.5. The molecule has 0 aromatic heterocycles. The van der Waals surface area contributed by atoms with Gasteiger partial charge in [0, 0.05) is 0 Å². The molecular weight excluding hydrogens is 196 g/mol. The summed E-state index contributed by atoms with van der Waals surface area (Å²) in [4.78, 5) is 10.9. The number of carboxylic acids is 1. The lowest BCUT2D eigenvalue weighted by molar-refractivity contribution is -0.165. The monoisotopic (exact) mass is 216 g/mol. The third-order valence-corrected chi connectivity index (χ3v) is 2.74. The average Bonchev–Trinajstić information content (AvgIpc) is 2.37. The summed E-state index contributed by atoms with van der Waals surface area (Å²) in [6, 6.07) is 0. The second-order valence-corrected chi connectivity index (χ2v) is 4.89. The van der Waals surface area contributed by atoms with Gasteiger partial charge in [0.2, 0.25) is 0 Å². The van der Waals surface area contributed by atoms with Gasteiger partial charge in [-0.3, -0.25) is 4.79 Å². The fraction of sp³-hybridized carbons (Fsp3) is 0.909. The minimum Gasteiger partial charge on any atom is -0.481 e. The van der Waals surface area contributed by atoms with Gasteiger partial charge >= 0.3 is 5.97 Å². The second kappa shape index (κ2) is 4.10. The molecule has 4 nitrogen and oxygen atoms in total. The summed E-state index contributed by atoms with van der Waals surface area (Å²) in [5.74, 6) is -1.70. The van der Waals surface area contributed by atoms with Gasteiger partial charge < -0.3 is 14.6 Å². The molecule has 0 amide bonds. The van der Waals surface area contributed by atoms with Gasteiger partial charge in [0.1, 0.15) is 0 Å². The molecule has 15 heavy (non-hydrogen) atoms. The lowest BCUT2D eigenvalue weighted by Crippen LogP contribution is -2.35. The molecule has 1 aliphatic heterocycles. The van der Waals surface area contributed by atoms with Gasteiger partial charge in [-0.15, -0.1) is 0 Å². The Balaban J connectivity index is 2.61. The van der Waals surface area contributed by atoms with Crippen molar-refractivity contribution in [2.24, 2.45) is 5.92 Å². The van der Waals surface area contributed by atoms with Gasteiger partial charge in [0.25, 0.3) is 0 Å². The molecule has 4 heteroatoms. The highest BCUT2D eigenvalue weighted by molar-refractivity contribution is 5.70. The Bertz CT molecular complexity index is 249. The Hall–Kier alpha value is -0.610. The summed E-state index contributed by atoms with van der Waals surface area (Å²) >= 11 is 0. The van der Waals surface area contributed by atoms with Crippen molar-refractivity contribution in [3.63, 3.8) is 0 Å². The predicted octanol–water partition coefficient (Wildman–Crippen LogP) is 2.03. The van der Waals surface area contributed by atoms with Crippen molar-refractivity contribution < 1.29 is 19.4 Å². The number of hydrogen-bond donors (Lipinski definition) is 1. The second-order valence-electron chi connectivity index (χ2n) is 4.89. The molecule has 0 aliphatic carbocycles. The molecule has 1 heterocycles. The Morgan fingerprint density at radius 2 is 2.07 bits per heavy atom. The molecular formula is C11H20O4. The lowest BCUT2D eigenvalue weighted by Gasteiger charge is -2.27. The maximum absolute atomic E-state index is 10.9. The van der Waals surface area contributed by atoms with Crippen LogP contribution in [-0.2, 0) is 14.3 Å². The van der Waals surface area contributed by atoms with Crippen molar-refractivity contribution >= 4 is 5.97 Å². The average molecular weight is 216 g/mol. The van der Waals surface area contributed by atoms with E-state index < -0.39 is 17.4 Å². The molecule has 88 valence electrons. The first-order valence-corrected chi connectivity index (χ1v) is 5.35. The van der Waals surface area contributed by atoms with E-state index in [-0.39, 0.29) is 5.92 Å². The topological polar surface area (TPSA) is 55.8 Å². The SMILES string of the molecule is CCC(CC1(C)COC(C)(C)O1)C(=O)O. The largest absolute Gasteiger partial charge is 0.481 e. The van der Waals surface area contributed by atoms with Crippen LogP contribution < -0.4 is 0 Å². The fourth-order valence-electron chi connectivity index (χ4n) is 2.01. The van der Waals surface area contributed by atoms with Crippen molar-refractivity contribution in [3.05, 3.63) is 0 Å². The predicted molar refractivity (Wildman–Crippen MR) is 55.6 cm³/mol. The van der Waals surface area contributed by atoms with Crippen LogP contribution >= 0.6 is 0 Å². The van der Waals surface area contributed by atoms with Crippen LogP contribution in [0, 0.1) is 5.92 Å². The van der Waals surface area contributed by atoms with E-state index in [1.807, 2.05) is 27.7 Å². The smallest absolute Gasteiger partial charge is 0.306 e. The van der Waals surface area contributed by atoms with E-state index >= 15 is 0 Å². The van der Waals surface area contributed by atoms with E-state index in [0.29, 0.717) is 19.4 Å². The number of ether oxygens (including phenoxy) is 2. The Morgan fingerprint density at radius 3 is 2.40 bits per heavy atom. The molecule has 1 fully saturated rings. The van der Waals surface area contributed by atoms with Crippen molar-refractivity contribution in [1.82, 2.24) is 0 Å². The van der Waals surface area contributed by atoms with Crippen molar-refractivity contribution in [3.8, 4) is 0 Å². The zero-order valence-electron chi connectivity index (χ0n) is 9.87. The third-order valence-electron chi connectivity index (χ3n) is 2.74. The molecule has 2 atom stereocenters. The molecule has 0 aromatic carbocycles. The summed E-state index contributed by atoms with van der Waals surface area (Å²) < 4.78 is 11.2. The Morgan fingerprint density at radius 1 is 1.47 bits per heavy atom. The normalized spacial score (nSPS) is 31.5. The minimum atomic E-state index is -0.757. The molecule has 0 radical (unpaired) electrons. The quantitative estimate of drug-likeness (QED) is 0.781. The van der Waals surface area contributed by atoms with E-state index in [2.05, 4.69) is 0 Å². The molecule has 0 bridgehead atoms. The Labute approximate surface area is 90.6 Å². The van der Waals surface area contributed by atoms with Gasteiger partial charge in [-0.05, 0) is 33.6 Å². The number of carbonyl (C=O) groups is 1. The van der Waals surface area contributed by atoms with Crippen LogP contribution in [0.15, 0.2) is 0 Å². The van der Waals surface area contributed by atoms with Crippen LogP contribution in [0.3, 0.4) is 0 Å². The van der Waals surface area contributed by atoms with Crippen LogP contribution in [0.2, 0.25) is 0 Å². The first-order valence-electron chi connectivity index (χ1n) is 5.35. The summed E-state index contributed by atoms with van der Waals surface area (Å²) in [6.45, 7) is 7.94. The number of carboxylic acid groups (broad SMARTS) is 1. The maximum atomic E-state index is 10.9. The van der Waals surface area contributed by atoms with Crippen molar-refractivity contribution in [2.45, 2.75) is 51.9 Å². The standard InChI is InChI=1S/C11H20O4/c1-5-8(9(12)13)6-11(4)7-14-10(2,3)15-11/h8H,5-7H2,1-4H3,(H,12,13). The van der Waals surface area contributed by atoms with Crippen molar-refractivity contribution in [1.29, 1.82) is 0 Å². The van der Waals surface area contributed by atoms with E-state index in [1.54, 1.807) is 0 Å². The lowest BCUT2D eigenvalue weighted by atomic mass is 9.91. The fourth-order valence-corrected chi connectivity index (χ4v) is 2.01. The summed E-state index contributed by atoms with van der Waals surface area (Å²) in [5, 5.41) is 8.98. The van der Waals surface area contributed by atoms with E-state index in [4.69, 9.17) is 14.6 Å². The molecule has 0 spiro atoms. The highest BCUT2D eigenvalue weighted by Gasteiger charge is 2.43. The molecule has 1 saturated heterocycles. The summed E-state index contributed by atoms with van der Waals surface area (Å²) in [6.07, 6.45) is 1.12. The van der Waals surface area contributed by atoms with Crippen LogP contribution in [0.4, 0.5) is 0 Å². The molecule has 1 aliphatic rings. The Kier molecular flexibility index (Phi) is 3.41. The highest BCUT2D eigenvalue weighted by Crippen LogP contribution is 2.35. The molecule has 2 unspecified atom stereocenters. The van der Waals surface area contributed by atoms with E-state index in [1.165, 1.54) is 0 Å². The van der Waals surface area contributed by atoms with Crippen LogP contribution in [0.5, 0.6) is 0 Å². The van der Waals surface area contributed by atoms with Gasteiger partial charge in [0.05, 0.1) is 18.1 Å². The van der Waals surface area contributed by atoms with Crippen LogP contribution in [-0.4, -0.2) is 29.1 Å². The number of hydrogen-bond acceptors (Lipinski definition) is 3. The number of aliphatic carboxylic acids is 1. The highest BCUT2D eigenvalue weighted by atomic mass is 16.8. The van der Waals surface area contributed by atoms with E-state index in [9.17, 15) is 4.79 Å². The zero-order valence-corrected chi connectivity index (χ0v) is 9.87. The van der Waals surface area contributed by atoms with Gasteiger partial charge in [-0.25, -0.2) is 0 Å². The molecule has 0 saturated carbocycles. The van der Waals surface area contributed by atoms with Gasteiger partial charge in [0.15, 0.2) is 5.79 Å². The minimum absolute atomic E-state index is 0.354. The van der Waals surface area contributed by atoms with Crippen LogP contribution in [0.1, 0.15) is 40.5 Å². The molecule has 1 rings (SSSR count). The van der Waals surface area contributed by atoms with Gasteiger partial charge in [-0.2, -0.15) is 0 Å². The maximum Gasteiger partial charge on any atom is 0.306 e. The van der Waals surface area contributed by atoms with Crippen molar-refractivity contribution in [2.75, 3.05) is 6.61 Å². The zero-order chi connectivity index (χ0) is 11.7. The molecule has 1 N–H and O–H groups in total. The van der Waals surface area contributed by atoms with Crippen LogP contribution in [0.25, 0.3) is 0 Å².